The van der Waals surface area contributed by atoms with E-state index in [1.807, 2.05) is 0 Å². The quantitative estimate of drug-likeness (QED) is 0.112. The SMILES string of the molecule is O=C1C(=O)c2c(c(O)c3ccccc3c2O)-c2cccnc21.O=S(O)O.O=S(O)O.[Na].[Na]. The summed E-state index contributed by atoms with van der Waals surface area (Å²) >= 11 is -5.22. The van der Waals surface area contributed by atoms with E-state index < -0.39 is 34.3 Å². The van der Waals surface area contributed by atoms with Gasteiger partial charge < -0.3 is 10.2 Å². The number of fused-ring (bicyclic) bond motifs is 4. The Labute approximate surface area is 230 Å². The standard InChI is InChI=1S/C17H9NO4.2Na.2H2O3S/c19-14-8-4-1-2-5-9(8)15(20)12-11(14)10-6-3-7-18-13(10)17(22)16(12)21;;;2*1-4(2)3/h1-7,19-20H;;;2*(H2,1,2,3). The number of carbonyl (C=O) groups excluding carboxylic acids is 2. The van der Waals surface area contributed by atoms with Gasteiger partial charge in [-0.1, -0.05) is 30.3 Å². The number of hydrogen-bond donors (Lipinski definition) is 6. The number of aromatic hydroxyl groups is 2. The molecule has 0 saturated carbocycles. The Hall–Kier alpha value is -1.07. The normalized spacial score (nSPS) is 11.2. The first-order valence-corrected chi connectivity index (χ1v) is 9.81. The molecule has 4 rings (SSSR count). The van der Waals surface area contributed by atoms with Crippen molar-refractivity contribution in [2.45, 2.75) is 0 Å². The second-order valence-electron chi connectivity index (χ2n) is 5.51. The van der Waals surface area contributed by atoms with E-state index in [0.29, 0.717) is 16.3 Å². The average Bonchev–Trinajstić information content (AvgIpc) is 2.68. The summed E-state index contributed by atoms with van der Waals surface area (Å²) in [6.07, 6.45) is 1.41. The maximum Gasteiger partial charge on any atom is 0.299 e. The Balaban J connectivity index is 0.000000841. The van der Waals surface area contributed by atoms with Crippen molar-refractivity contribution in [3.63, 3.8) is 0 Å². The number of rotatable bonds is 0. The number of benzene rings is 2. The van der Waals surface area contributed by atoms with Gasteiger partial charge in [0.25, 0.3) is 28.5 Å². The molecule has 6 N–H and O–H groups in total. The van der Waals surface area contributed by atoms with Crippen LogP contribution in [-0.4, -0.2) is 113 Å². The van der Waals surface area contributed by atoms with Crippen LogP contribution < -0.4 is 0 Å². The van der Waals surface area contributed by atoms with Crippen molar-refractivity contribution in [3.8, 4) is 22.6 Å². The molecular formula is C17H13NNa2O10S2. The monoisotopic (exact) mass is 501 g/mol. The number of nitrogens with zero attached hydrogens (tertiary/aromatic N) is 1. The molecule has 15 heteroatoms. The van der Waals surface area contributed by atoms with Crippen LogP contribution in [0, 0.1) is 0 Å². The summed E-state index contributed by atoms with van der Waals surface area (Å²) in [5.41, 5.74) is 0.330. The zero-order valence-corrected chi connectivity index (χ0v) is 22.3. The van der Waals surface area contributed by atoms with Crippen LogP contribution in [0.25, 0.3) is 21.9 Å². The van der Waals surface area contributed by atoms with Crippen molar-refractivity contribution in [2.24, 2.45) is 0 Å². The number of pyridine rings is 1. The van der Waals surface area contributed by atoms with Gasteiger partial charge in [0.15, 0.2) is 0 Å². The van der Waals surface area contributed by atoms with Gasteiger partial charge >= 0.3 is 0 Å². The van der Waals surface area contributed by atoms with Gasteiger partial charge in [-0.3, -0.25) is 32.8 Å². The maximum absolute atomic E-state index is 12.3. The third kappa shape index (κ3) is 6.96. The first-order valence-electron chi connectivity index (χ1n) is 7.68. The largest absolute Gasteiger partial charge is 0.507 e. The van der Waals surface area contributed by atoms with E-state index in [-0.39, 0.29) is 87.4 Å². The van der Waals surface area contributed by atoms with Crippen molar-refractivity contribution in [3.05, 3.63) is 53.9 Å². The van der Waals surface area contributed by atoms with Crippen molar-refractivity contribution in [1.29, 1.82) is 0 Å². The molecule has 0 saturated heterocycles. The first kappa shape index (κ1) is 30.9. The zero-order valence-electron chi connectivity index (χ0n) is 16.6. The van der Waals surface area contributed by atoms with Crippen LogP contribution in [-0.2, 0) is 22.7 Å². The Morgan fingerprint density at radius 2 is 1.12 bits per heavy atom. The molecule has 0 spiro atoms. The molecule has 1 aliphatic carbocycles. The minimum absolute atomic E-state index is 0. The molecule has 32 heavy (non-hydrogen) atoms. The molecule has 0 atom stereocenters. The van der Waals surface area contributed by atoms with Gasteiger partial charge in [0, 0.05) is 87.2 Å². The smallest absolute Gasteiger partial charge is 0.299 e. The molecule has 160 valence electrons. The van der Waals surface area contributed by atoms with Crippen LogP contribution in [0.2, 0.25) is 0 Å². The van der Waals surface area contributed by atoms with E-state index in [1.54, 1.807) is 36.4 Å². The van der Waals surface area contributed by atoms with Crippen molar-refractivity contribution < 1.29 is 46.4 Å². The van der Waals surface area contributed by atoms with Crippen molar-refractivity contribution >= 4 is 104 Å². The Morgan fingerprint density at radius 1 is 0.688 bits per heavy atom. The summed E-state index contributed by atoms with van der Waals surface area (Å²) in [5.74, 6) is -2.08. The molecular weight excluding hydrogens is 488 g/mol. The number of phenols is 2. The van der Waals surface area contributed by atoms with Crippen molar-refractivity contribution in [1.82, 2.24) is 4.98 Å². The van der Waals surface area contributed by atoms with Crippen LogP contribution in [0.4, 0.5) is 0 Å². The van der Waals surface area contributed by atoms with Crippen LogP contribution in [0.5, 0.6) is 11.5 Å². The fraction of sp³-hybridized carbons (Fsp3) is 0. The van der Waals surface area contributed by atoms with Crippen LogP contribution in [0.1, 0.15) is 20.8 Å². The van der Waals surface area contributed by atoms with E-state index in [0.717, 1.165) is 0 Å². The van der Waals surface area contributed by atoms with E-state index >= 15 is 0 Å². The van der Waals surface area contributed by atoms with Gasteiger partial charge in [0.1, 0.15) is 17.2 Å². The summed E-state index contributed by atoms with van der Waals surface area (Å²) in [6.45, 7) is 0. The van der Waals surface area contributed by atoms with Crippen LogP contribution >= 0.6 is 0 Å². The minimum Gasteiger partial charge on any atom is -0.507 e. The zero-order chi connectivity index (χ0) is 22.6. The number of Topliss-reactive ketones (excluding diaryl/α,β-unsaturated/α-hetero) is 2. The molecule has 1 aromatic heterocycles. The number of phenolic OH excluding ortho intramolecular Hbond substituents is 2. The predicted octanol–water partition coefficient (Wildman–Crippen LogP) is 1.29. The second kappa shape index (κ2) is 13.6. The van der Waals surface area contributed by atoms with Gasteiger partial charge in [-0.15, -0.1) is 0 Å². The van der Waals surface area contributed by atoms with Gasteiger partial charge in [-0.2, -0.15) is 8.42 Å². The maximum atomic E-state index is 12.3. The van der Waals surface area contributed by atoms with Gasteiger partial charge in [-0.25, -0.2) is 0 Å². The topological polar surface area (TPSA) is 203 Å². The molecule has 0 amide bonds. The molecule has 0 aliphatic heterocycles. The molecule has 1 aliphatic rings. The molecule has 1 heterocycles. The molecule has 2 aromatic carbocycles. The number of carbonyl (C=O) groups is 2. The molecule has 0 fully saturated rings. The summed E-state index contributed by atoms with van der Waals surface area (Å²) in [4.78, 5) is 28.4. The second-order valence-corrected chi connectivity index (χ2v) is 6.43. The van der Waals surface area contributed by atoms with Gasteiger partial charge in [-0.05, 0) is 6.07 Å². The van der Waals surface area contributed by atoms with E-state index in [4.69, 9.17) is 26.6 Å². The molecule has 11 nitrogen and oxygen atoms in total. The number of aromatic nitrogens is 1. The number of ketones is 2. The third-order valence-electron chi connectivity index (χ3n) is 3.89. The third-order valence-corrected chi connectivity index (χ3v) is 3.89. The Kier molecular flexibility index (Phi) is 13.1. The fourth-order valence-electron chi connectivity index (χ4n) is 2.89. The van der Waals surface area contributed by atoms with E-state index in [2.05, 4.69) is 4.98 Å². The fourth-order valence-corrected chi connectivity index (χ4v) is 2.89. The molecule has 0 unspecified atom stereocenters. The number of hydrogen-bond acceptors (Lipinski definition) is 7. The van der Waals surface area contributed by atoms with E-state index in [9.17, 15) is 19.8 Å². The first-order chi connectivity index (χ1) is 14.1. The molecule has 2 radical (unpaired) electrons. The summed E-state index contributed by atoms with van der Waals surface area (Å²) in [5, 5.41) is 21.7. The van der Waals surface area contributed by atoms with E-state index in [1.165, 1.54) is 6.20 Å². The van der Waals surface area contributed by atoms with Crippen LogP contribution in [0.3, 0.4) is 0 Å². The Morgan fingerprint density at radius 3 is 1.59 bits per heavy atom. The Bertz CT molecular complexity index is 1190. The van der Waals surface area contributed by atoms with Gasteiger partial charge in [0.2, 0.25) is 5.78 Å². The van der Waals surface area contributed by atoms with Gasteiger partial charge in [0.05, 0.1) is 5.56 Å². The molecule has 3 aromatic rings. The summed E-state index contributed by atoms with van der Waals surface area (Å²) in [7, 11) is 0. The minimum atomic E-state index is -2.61. The summed E-state index contributed by atoms with van der Waals surface area (Å²) < 4.78 is 45.7. The molecule has 0 bridgehead atoms. The van der Waals surface area contributed by atoms with Crippen LogP contribution in [0.15, 0.2) is 42.6 Å². The predicted molar refractivity (Wildman–Crippen MR) is 117 cm³/mol. The van der Waals surface area contributed by atoms with Crippen molar-refractivity contribution in [2.75, 3.05) is 0 Å². The summed E-state index contributed by atoms with van der Waals surface area (Å²) in [6, 6.07) is 9.83. The average molecular weight is 501 g/mol.